The van der Waals surface area contributed by atoms with Crippen LogP contribution in [0.15, 0.2) is 53.3 Å². The van der Waals surface area contributed by atoms with Crippen LogP contribution in [0.1, 0.15) is 37.2 Å². The van der Waals surface area contributed by atoms with Gasteiger partial charge in [0, 0.05) is 38.5 Å². The number of benzene rings is 2. The van der Waals surface area contributed by atoms with E-state index in [1.165, 1.54) is 4.68 Å². The van der Waals surface area contributed by atoms with E-state index in [1.54, 1.807) is 25.1 Å². The quantitative estimate of drug-likeness (QED) is 0.655. The summed E-state index contributed by atoms with van der Waals surface area (Å²) >= 11 is 0. The fourth-order valence-corrected chi connectivity index (χ4v) is 4.99. The van der Waals surface area contributed by atoms with Crippen LogP contribution in [0.3, 0.4) is 0 Å². The molecule has 5 rings (SSSR count). The molecule has 0 saturated carbocycles. The van der Waals surface area contributed by atoms with Crippen molar-refractivity contribution in [1.82, 2.24) is 14.7 Å². The highest BCUT2D eigenvalue weighted by molar-refractivity contribution is 6.05. The SMILES string of the molecule is CCn1nc(C(=O)N2CCC3(CC2)CN(C(C)=O)c2ccccc2N3)c2ccccc2c1=O. The van der Waals surface area contributed by atoms with Gasteiger partial charge in [0.15, 0.2) is 5.69 Å². The van der Waals surface area contributed by atoms with Crippen molar-refractivity contribution in [1.29, 1.82) is 0 Å². The van der Waals surface area contributed by atoms with Crippen molar-refractivity contribution in [3.63, 3.8) is 0 Å². The molecule has 1 saturated heterocycles. The minimum Gasteiger partial charge on any atom is -0.376 e. The maximum absolute atomic E-state index is 13.5. The lowest BCUT2D eigenvalue weighted by molar-refractivity contribution is -0.116. The van der Waals surface area contributed by atoms with Gasteiger partial charge in [0.05, 0.1) is 22.3 Å². The third-order valence-electron chi connectivity index (χ3n) is 6.81. The maximum Gasteiger partial charge on any atom is 0.274 e. The first-order valence-electron chi connectivity index (χ1n) is 11.4. The third kappa shape index (κ3) is 3.55. The van der Waals surface area contributed by atoms with Gasteiger partial charge >= 0.3 is 0 Å². The van der Waals surface area contributed by atoms with Gasteiger partial charge in [-0.25, -0.2) is 4.68 Å². The summed E-state index contributed by atoms with van der Waals surface area (Å²) in [5.74, 6) is -0.151. The van der Waals surface area contributed by atoms with Crippen molar-refractivity contribution in [2.75, 3.05) is 29.9 Å². The standard InChI is InChI=1S/C25H27N5O3/c1-3-30-23(32)19-9-5-4-8-18(19)22(27-30)24(33)28-14-12-25(13-15-28)16-29(17(2)31)21-11-7-6-10-20(21)26-25/h4-11,26H,3,12-16H2,1-2H3. The van der Waals surface area contributed by atoms with Crippen molar-refractivity contribution in [3.8, 4) is 0 Å². The summed E-state index contributed by atoms with van der Waals surface area (Å²) in [7, 11) is 0. The second kappa shape index (κ2) is 8.03. The Morgan fingerprint density at radius 2 is 1.70 bits per heavy atom. The Balaban J connectivity index is 1.41. The molecule has 0 unspecified atom stereocenters. The topological polar surface area (TPSA) is 87.5 Å². The lowest BCUT2D eigenvalue weighted by Crippen LogP contribution is -2.59. The van der Waals surface area contributed by atoms with Crippen LogP contribution in [0.4, 0.5) is 11.4 Å². The Morgan fingerprint density at radius 3 is 2.39 bits per heavy atom. The van der Waals surface area contributed by atoms with Gasteiger partial charge in [-0.2, -0.15) is 5.10 Å². The molecule has 3 aromatic rings. The van der Waals surface area contributed by atoms with Crippen LogP contribution in [0.2, 0.25) is 0 Å². The summed E-state index contributed by atoms with van der Waals surface area (Å²) in [6, 6.07) is 15.0. The van der Waals surface area contributed by atoms with E-state index in [0.717, 1.165) is 11.4 Å². The molecule has 0 atom stereocenters. The summed E-state index contributed by atoms with van der Waals surface area (Å²) in [4.78, 5) is 42.1. The van der Waals surface area contributed by atoms with Gasteiger partial charge in [-0.05, 0) is 38.0 Å². The molecule has 1 spiro atoms. The molecule has 0 bridgehead atoms. The Labute approximate surface area is 191 Å². The second-order valence-electron chi connectivity index (χ2n) is 8.83. The highest BCUT2D eigenvalue weighted by Crippen LogP contribution is 2.39. The number of likely N-dealkylation sites (tertiary alicyclic amines) is 1. The summed E-state index contributed by atoms with van der Waals surface area (Å²) in [6.45, 7) is 5.49. The zero-order chi connectivity index (χ0) is 23.2. The largest absolute Gasteiger partial charge is 0.376 e. The number of carbonyl (C=O) groups excluding carboxylic acids is 2. The van der Waals surface area contributed by atoms with Crippen molar-refractivity contribution < 1.29 is 9.59 Å². The summed E-state index contributed by atoms with van der Waals surface area (Å²) < 4.78 is 1.35. The molecule has 2 amide bonds. The van der Waals surface area contributed by atoms with E-state index in [1.807, 2.05) is 47.1 Å². The van der Waals surface area contributed by atoms with Crippen LogP contribution < -0.4 is 15.8 Å². The third-order valence-corrected chi connectivity index (χ3v) is 6.81. The Kier molecular flexibility index (Phi) is 5.15. The van der Waals surface area contributed by atoms with Crippen molar-refractivity contribution in [3.05, 3.63) is 64.6 Å². The lowest BCUT2D eigenvalue weighted by atomic mass is 9.84. The van der Waals surface area contributed by atoms with Crippen LogP contribution in [0.25, 0.3) is 10.8 Å². The average molecular weight is 446 g/mol. The first-order chi connectivity index (χ1) is 15.9. The molecule has 8 nitrogen and oxygen atoms in total. The molecule has 0 radical (unpaired) electrons. The molecule has 170 valence electrons. The predicted octanol–water partition coefficient (Wildman–Crippen LogP) is 2.87. The van der Waals surface area contributed by atoms with E-state index in [-0.39, 0.29) is 22.9 Å². The zero-order valence-corrected chi connectivity index (χ0v) is 18.9. The number of hydrogen-bond acceptors (Lipinski definition) is 5. The first kappa shape index (κ1) is 21.2. The van der Waals surface area contributed by atoms with Crippen LogP contribution in [-0.2, 0) is 11.3 Å². The normalized spacial score (nSPS) is 17.0. The monoisotopic (exact) mass is 445 g/mol. The molecule has 33 heavy (non-hydrogen) atoms. The highest BCUT2D eigenvalue weighted by Gasteiger charge is 2.42. The smallest absolute Gasteiger partial charge is 0.274 e. The van der Waals surface area contributed by atoms with E-state index in [9.17, 15) is 14.4 Å². The Hall–Kier alpha value is -3.68. The number of amides is 2. The molecule has 2 aromatic carbocycles. The van der Waals surface area contributed by atoms with Gasteiger partial charge in [-0.15, -0.1) is 0 Å². The molecule has 8 heteroatoms. The number of carbonyl (C=O) groups is 2. The lowest BCUT2D eigenvalue weighted by Gasteiger charge is -2.48. The molecule has 1 fully saturated rings. The van der Waals surface area contributed by atoms with Crippen LogP contribution >= 0.6 is 0 Å². The van der Waals surface area contributed by atoms with Gasteiger partial charge in [-0.1, -0.05) is 30.3 Å². The number of aromatic nitrogens is 2. The number of para-hydroxylation sites is 2. The van der Waals surface area contributed by atoms with Crippen LogP contribution in [0.5, 0.6) is 0 Å². The molecule has 1 N–H and O–H groups in total. The van der Waals surface area contributed by atoms with Crippen molar-refractivity contribution in [2.24, 2.45) is 0 Å². The number of nitrogens with one attached hydrogen (secondary N) is 1. The number of anilines is 2. The van der Waals surface area contributed by atoms with E-state index >= 15 is 0 Å². The number of piperidine rings is 1. The molecule has 3 heterocycles. The molecule has 0 aliphatic carbocycles. The number of aryl methyl sites for hydroxylation is 1. The van der Waals surface area contributed by atoms with Gasteiger partial charge in [-0.3, -0.25) is 14.4 Å². The molecule has 1 aromatic heterocycles. The molecular weight excluding hydrogens is 418 g/mol. The van der Waals surface area contributed by atoms with Gasteiger partial charge in [0.1, 0.15) is 0 Å². The van der Waals surface area contributed by atoms with Crippen molar-refractivity contribution >= 4 is 34.0 Å². The van der Waals surface area contributed by atoms with Crippen LogP contribution in [0, 0.1) is 0 Å². The fraction of sp³-hybridized carbons (Fsp3) is 0.360. The highest BCUT2D eigenvalue weighted by atomic mass is 16.2. The van der Waals surface area contributed by atoms with Gasteiger partial charge in [0.25, 0.3) is 11.5 Å². The summed E-state index contributed by atoms with van der Waals surface area (Å²) in [5.41, 5.74) is 1.69. The van der Waals surface area contributed by atoms with Gasteiger partial charge in [0.2, 0.25) is 5.91 Å². The first-order valence-corrected chi connectivity index (χ1v) is 11.4. The average Bonchev–Trinajstić information content (AvgIpc) is 2.84. The zero-order valence-electron chi connectivity index (χ0n) is 18.9. The number of fused-ring (bicyclic) bond motifs is 2. The molecule has 2 aliphatic heterocycles. The van der Waals surface area contributed by atoms with E-state index in [4.69, 9.17) is 0 Å². The Morgan fingerprint density at radius 1 is 1.03 bits per heavy atom. The molecule has 2 aliphatic rings. The predicted molar refractivity (Wildman–Crippen MR) is 128 cm³/mol. The van der Waals surface area contributed by atoms with E-state index in [2.05, 4.69) is 10.4 Å². The number of hydrogen-bond donors (Lipinski definition) is 1. The van der Waals surface area contributed by atoms with Crippen LogP contribution in [-0.4, -0.2) is 51.7 Å². The van der Waals surface area contributed by atoms with E-state index < -0.39 is 0 Å². The second-order valence-corrected chi connectivity index (χ2v) is 8.83. The number of nitrogens with zero attached hydrogens (tertiary/aromatic N) is 4. The fourth-order valence-electron chi connectivity index (χ4n) is 4.99. The van der Waals surface area contributed by atoms with E-state index in [0.29, 0.717) is 55.5 Å². The summed E-state index contributed by atoms with van der Waals surface area (Å²) in [6.07, 6.45) is 1.42. The Bertz CT molecular complexity index is 1310. The number of rotatable bonds is 2. The summed E-state index contributed by atoms with van der Waals surface area (Å²) in [5, 5.41) is 9.16. The minimum atomic E-state index is -0.283. The minimum absolute atomic E-state index is 0.0133. The van der Waals surface area contributed by atoms with Gasteiger partial charge < -0.3 is 15.1 Å². The van der Waals surface area contributed by atoms with Crippen molar-refractivity contribution in [2.45, 2.75) is 38.8 Å². The maximum atomic E-state index is 13.5. The molecular formula is C25H27N5O3.